The van der Waals surface area contributed by atoms with Crippen molar-refractivity contribution in [3.8, 4) is 0 Å². The highest BCUT2D eigenvalue weighted by atomic mass is 79.9. The van der Waals surface area contributed by atoms with Gasteiger partial charge < -0.3 is 5.32 Å². The average molecular weight is 308 g/mol. The molecule has 3 unspecified atom stereocenters. The van der Waals surface area contributed by atoms with Crippen LogP contribution in [0.15, 0.2) is 22.7 Å². The van der Waals surface area contributed by atoms with Gasteiger partial charge in [-0.05, 0) is 43.9 Å². The Morgan fingerprint density at radius 1 is 1.33 bits per heavy atom. The summed E-state index contributed by atoms with van der Waals surface area (Å²) in [5, 5.41) is 3.61. The number of halogens is 1. The highest BCUT2D eigenvalue weighted by molar-refractivity contribution is 9.10. The molecule has 1 N–H and O–H groups in total. The van der Waals surface area contributed by atoms with Crippen LogP contribution >= 0.6 is 15.9 Å². The molecule has 1 aromatic carbocycles. The van der Waals surface area contributed by atoms with Crippen molar-refractivity contribution in [3.05, 3.63) is 33.8 Å². The van der Waals surface area contributed by atoms with E-state index in [2.05, 4.69) is 34.2 Å². The number of hydrogen-bond donors (Lipinski definition) is 1. The van der Waals surface area contributed by atoms with E-state index in [0.717, 1.165) is 22.9 Å². The second-order valence-corrected chi connectivity index (χ2v) is 6.50. The molecule has 1 saturated heterocycles. The average Bonchev–Trinajstić information content (AvgIpc) is 2.66. The van der Waals surface area contributed by atoms with Crippen LogP contribution in [0, 0.1) is 5.92 Å². The summed E-state index contributed by atoms with van der Waals surface area (Å²) in [5.74, 6) is 0.487. The quantitative estimate of drug-likeness (QED) is 0.862. The van der Waals surface area contributed by atoms with E-state index in [1.54, 1.807) is 0 Å². The van der Waals surface area contributed by atoms with E-state index in [-0.39, 0.29) is 5.92 Å². The minimum Gasteiger partial charge on any atom is -0.311 e. The molecule has 1 aliphatic heterocycles. The summed E-state index contributed by atoms with van der Waals surface area (Å²) in [4.78, 5) is 12.5. The van der Waals surface area contributed by atoms with E-state index >= 15 is 0 Å². The fourth-order valence-electron chi connectivity index (χ4n) is 3.32. The molecule has 1 aromatic rings. The van der Waals surface area contributed by atoms with Gasteiger partial charge in [-0.15, -0.1) is 0 Å². The Kier molecular flexibility index (Phi) is 3.29. The van der Waals surface area contributed by atoms with Gasteiger partial charge in [0.2, 0.25) is 0 Å². The largest absolute Gasteiger partial charge is 0.311 e. The molecule has 1 aliphatic carbocycles. The Bertz CT molecular complexity index is 485. The van der Waals surface area contributed by atoms with Crippen LogP contribution in [0.1, 0.15) is 42.1 Å². The number of ketones is 1. The number of nitrogens with one attached hydrogen (secondary N) is 1. The molecule has 0 bridgehead atoms. The summed E-state index contributed by atoms with van der Waals surface area (Å²) in [6.07, 6.45) is 4.51. The van der Waals surface area contributed by atoms with Gasteiger partial charge >= 0.3 is 0 Å². The third-order valence-corrected chi connectivity index (χ3v) is 4.74. The number of benzene rings is 1. The van der Waals surface area contributed by atoms with E-state index in [4.69, 9.17) is 0 Å². The number of rotatable bonds is 1. The van der Waals surface area contributed by atoms with E-state index in [1.165, 1.54) is 18.4 Å². The summed E-state index contributed by atoms with van der Waals surface area (Å²) >= 11 is 3.48. The van der Waals surface area contributed by atoms with Gasteiger partial charge in [0, 0.05) is 28.0 Å². The van der Waals surface area contributed by atoms with Crippen LogP contribution in [0.2, 0.25) is 0 Å². The van der Waals surface area contributed by atoms with E-state index in [1.807, 2.05) is 12.1 Å². The molecule has 1 heterocycles. The molecule has 3 heteroatoms. The zero-order valence-electron chi connectivity index (χ0n) is 10.6. The smallest absolute Gasteiger partial charge is 0.168 e. The lowest BCUT2D eigenvalue weighted by Crippen LogP contribution is -2.46. The summed E-state index contributed by atoms with van der Waals surface area (Å²) in [6.45, 7) is 2.22. The third-order valence-electron chi connectivity index (χ3n) is 4.25. The molecule has 3 rings (SSSR count). The van der Waals surface area contributed by atoms with Crippen molar-refractivity contribution in [2.75, 3.05) is 0 Å². The SMILES string of the molecule is CC1CCCC(C2Cc3cc(Br)ccc3C2=O)N1. The van der Waals surface area contributed by atoms with Crippen LogP contribution in [0.3, 0.4) is 0 Å². The van der Waals surface area contributed by atoms with Gasteiger partial charge in [-0.2, -0.15) is 0 Å². The van der Waals surface area contributed by atoms with Crippen LogP contribution in [-0.4, -0.2) is 17.9 Å². The van der Waals surface area contributed by atoms with Gasteiger partial charge in [-0.1, -0.05) is 28.4 Å². The number of piperidine rings is 1. The van der Waals surface area contributed by atoms with Crippen molar-refractivity contribution in [3.63, 3.8) is 0 Å². The maximum atomic E-state index is 12.5. The topological polar surface area (TPSA) is 29.1 Å². The first-order valence-electron chi connectivity index (χ1n) is 6.74. The molecule has 0 aromatic heterocycles. The summed E-state index contributed by atoms with van der Waals surface area (Å²) < 4.78 is 1.07. The summed E-state index contributed by atoms with van der Waals surface area (Å²) in [5.41, 5.74) is 2.14. The van der Waals surface area contributed by atoms with Crippen molar-refractivity contribution in [2.24, 2.45) is 5.92 Å². The Hall–Kier alpha value is -0.670. The van der Waals surface area contributed by atoms with Crippen LogP contribution in [0.5, 0.6) is 0 Å². The van der Waals surface area contributed by atoms with E-state index in [9.17, 15) is 4.79 Å². The maximum Gasteiger partial charge on any atom is 0.168 e. The highest BCUT2D eigenvalue weighted by Crippen LogP contribution is 2.33. The lowest BCUT2D eigenvalue weighted by Gasteiger charge is -2.32. The fourth-order valence-corrected chi connectivity index (χ4v) is 3.73. The molecule has 0 spiro atoms. The fraction of sp³-hybridized carbons (Fsp3) is 0.533. The lowest BCUT2D eigenvalue weighted by atomic mass is 9.87. The van der Waals surface area contributed by atoms with Crippen LogP contribution in [-0.2, 0) is 6.42 Å². The summed E-state index contributed by atoms with van der Waals surface area (Å²) in [7, 11) is 0. The maximum absolute atomic E-state index is 12.5. The van der Waals surface area contributed by atoms with E-state index in [0.29, 0.717) is 17.9 Å². The van der Waals surface area contributed by atoms with Crippen molar-refractivity contribution >= 4 is 21.7 Å². The molecule has 1 fully saturated rings. The third kappa shape index (κ3) is 2.14. The highest BCUT2D eigenvalue weighted by Gasteiger charge is 2.37. The molecule has 0 radical (unpaired) electrons. The first-order chi connectivity index (χ1) is 8.65. The number of Topliss-reactive ketones (excluding diaryl/α,β-unsaturated/α-hetero) is 1. The molecule has 2 nitrogen and oxygen atoms in total. The molecule has 3 atom stereocenters. The standard InChI is InChI=1S/C15H18BrNO/c1-9-3-2-4-14(17-9)13-8-10-7-11(16)5-6-12(10)15(13)18/h5-7,9,13-14,17H,2-4,8H2,1H3. The second-order valence-electron chi connectivity index (χ2n) is 5.58. The molecule has 0 saturated carbocycles. The van der Waals surface area contributed by atoms with Crippen molar-refractivity contribution in [2.45, 2.75) is 44.7 Å². The van der Waals surface area contributed by atoms with Gasteiger partial charge in [-0.25, -0.2) is 0 Å². The zero-order valence-corrected chi connectivity index (χ0v) is 12.2. The Morgan fingerprint density at radius 3 is 2.94 bits per heavy atom. The van der Waals surface area contributed by atoms with Gasteiger partial charge in [0.25, 0.3) is 0 Å². The predicted octanol–water partition coefficient (Wildman–Crippen LogP) is 3.33. The normalized spacial score (nSPS) is 31.4. The van der Waals surface area contributed by atoms with Crippen molar-refractivity contribution in [1.29, 1.82) is 0 Å². The van der Waals surface area contributed by atoms with Crippen molar-refractivity contribution < 1.29 is 4.79 Å². The Balaban J connectivity index is 1.83. The van der Waals surface area contributed by atoms with Crippen LogP contribution in [0.25, 0.3) is 0 Å². The monoisotopic (exact) mass is 307 g/mol. The first kappa shape index (κ1) is 12.4. The van der Waals surface area contributed by atoms with Gasteiger partial charge in [-0.3, -0.25) is 4.79 Å². The van der Waals surface area contributed by atoms with Gasteiger partial charge in [0.15, 0.2) is 5.78 Å². The number of fused-ring (bicyclic) bond motifs is 1. The molecule has 2 aliphatic rings. The molecular weight excluding hydrogens is 290 g/mol. The Morgan fingerprint density at radius 2 is 2.17 bits per heavy atom. The minimum atomic E-state index is 0.150. The van der Waals surface area contributed by atoms with Crippen molar-refractivity contribution in [1.82, 2.24) is 5.32 Å². The molecular formula is C15H18BrNO. The number of hydrogen-bond acceptors (Lipinski definition) is 2. The minimum absolute atomic E-state index is 0.150. The van der Waals surface area contributed by atoms with Crippen LogP contribution < -0.4 is 5.32 Å². The van der Waals surface area contributed by atoms with E-state index < -0.39 is 0 Å². The number of carbonyl (C=O) groups is 1. The second kappa shape index (κ2) is 4.78. The van der Waals surface area contributed by atoms with Gasteiger partial charge in [0.05, 0.1) is 0 Å². The predicted molar refractivity (Wildman–Crippen MR) is 75.9 cm³/mol. The molecule has 18 heavy (non-hydrogen) atoms. The van der Waals surface area contributed by atoms with Crippen LogP contribution in [0.4, 0.5) is 0 Å². The van der Waals surface area contributed by atoms with Gasteiger partial charge in [0.1, 0.15) is 0 Å². The Labute approximate surface area is 116 Å². The molecule has 0 amide bonds. The summed E-state index contributed by atoms with van der Waals surface area (Å²) in [6, 6.07) is 6.95. The molecule has 96 valence electrons. The zero-order chi connectivity index (χ0) is 12.7. The first-order valence-corrected chi connectivity index (χ1v) is 7.53. The lowest BCUT2D eigenvalue weighted by molar-refractivity contribution is 0.0890. The number of carbonyl (C=O) groups excluding carboxylic acids is 1.